The van der Waals surface area contributed by atoms with Crippen LogP contribution in [0.2, 0.25) is 0 Å². The van der Waals surface area contributed by atoms with Gasteiger partial charge in [-0.25, -0.2) is 9.97 Å². The number of benzene rings is 2. The summed E-state index contributed by atoms with van der Waals surface area (Å²) >= 11 is 0. The summed E-state index contributed by atoms with van der Waals surface area (Å²) < 4.78 is 1.61. The van der Waals surface area contributed by atoms with E-state index in [0.717, 1.165) is 22.1 Å². The maximum absolute atomic E-state index is 9.46. The van der Waals surface area contributed by atoms with Crippen LogP contribution in [0.5, 0.6) is 5.75 Å². The first kappa shape index (κ1) is 13.3. The molecule has 3 N–H and O–H groups in total. The first-order valence-electron chi connectivity index (χ1n) is 7.95. The average molecular weight is 317 g/mol. The molecule has 2 aromatic carbocycles. The summed E-state index contributed by atoms with van der Waals surface area (Å²) in [6, 6.07) is 13.0. The minimum Gasteiger partial charge on any atom is -0.508 e. The molecule has 0 saturated heterocycles. The van der Waals surface area contributed by atoms with Crippen molar-refractivity contribution < 1.29 is 5.11 Å². The van der Waals surface area contributed by atoms with Gasteiger partial charge in [0.2, 0.25) is 5.95 Å². The number of anilines is 1. The summed E-state index contributed by atoms with van der Waals surface area (Å²) in [6.07, 6.45) is 2.41. The smallest absolute Gasteiger partial charge is 0.223 e. The number of phenols is 1. The standard InChI is InChI=1S/C18H15N5O/c19-18-20-14-3-1-2-13(10-4-5-10)15(14)17-21-16(22-23(17)18)11-6-8-12(24)9-7-11/h1-3,6-10,24H,4-5H2,(H2,19,20). The van der Waals surface area contributed by atoms with E-state index in [1.54, 1.807) is 28.8 Å². The molecule has 1 saturated carbocycles. The monoisotopic (exact) mass is 317 g/mol. The summed E-state index contributed by atoms with van der Waals surface area (Å²) in [5.74, 6) is 1.69. The molecule has 6 heteroatoms. The molecule has 2 heterocycles. The zero-order valence-corrected chi connectivity index (χ0v) is 12.8. The molecule has 1 aliphatic rings. The van der Waals surface area contributed by atoms with E-state index in [0.29, 0.717) is 17.7 Å². The first-order valence-corrected chi connectivity index (χ1v) is 7.95. The molecule has 24 heavy (non-hydrogen) atoms. The molecular formula is C18H15N5O. The quantitative estimate of drug-likeness (QED) is 0.593. The number of fused-ring (bicyclic) bond motifs is 3. The summed E-state index contributed by atoms with van der Waals surface area (Å²) in [4.78, 5) is 9.22. The highest BCUT2D eigenvalue weighted by molar-refractivity contribution is 5.96. The second kappa shape index (κ2) is 4.67. The lowest BCUT2D eigenvalue weighted by Crippen LogP contribution is -2.03. The predicted molar refractivity (Wildman–Crippen MR) is 91.8 cm³/mol. The van der Waals surface area contributed by atoms with Gasteiger partial charge < -0.3 is 10.8 Å². The maximum atomic E-state index is 9.46. The molecule has 0 atom stereocenters. The number of nitrogens with two attached hydrogens (primary N) is 1. The highest BCUT2D eigenvalue weighted by Gasteiger charge is 2.27. The highest BCUT2D eigenvalue weighted by Crippen LogP contribution is 2.43. The van der Waals surface area contributed by atoms with Crippen molar-refractivity contribution in [2.75, 3.05) is 5.73 Å². The van der Waals surface area contributed by atoms with Gasteiger partial charge in [-0.2, -0.15) is 4.52 Å². The molecule has 1 aliphatic carbocycles. The lowest BCUT2D eigenvalue weighted by molar-refractivity contribution is 0.475. The summed E-state index contributed by atoms with van der Waals surface area (Å²) in [5, 5.41) is 15.0. The minimum absolute atomic E-state index is 0.213. The van der Waals surface area contributed by atoms with Gasteiger partial charge in [0.05, 0.1) is 5.52 Å². The van der Waals surface area contributed by atoms with Crippen LogP contribution in [0.25, 0.3) is 27.9 Å². The molecular weight excluding hydrogens is 302 g/mol. The number of rotatable bonds is 2. The van der Waals surface area contributed by atoms with Crippen molar-refractivity contribution >= 4 is 22.5 Å². The van der Waals surface area contributed by atoms with E-state index in [4.69, 9.17) is 10.7 Å². The Morgan fingerprint density at radius 3 is 2.58 bits per heavy atom. The van der Waals surface area contributed by atoms with Gasteiger partial charge in [0.25, 0.3) is 0 Å². The number of nitrogens with zero attached hydrogens (tertiary/aromatic N) is 4. The Balaban J connectivity index is 1.83. The van der Waals surface area contributed by atoms with Crippen molar-refractivity contribution in [3.8, 4) is 17.1 Å². The molecule has 0 radical (unpaired) electrons. The Morgan fingerprint density at radius 2 is 1.83 bits per heavy atom. The lowest BCUT2D eigenvalue weighted by atomic mass is 10.1. The molecule has 2 aromatic heterocycles. The zero-order chi connectivity index (χ0) is 16.3. The maximum Gasteiger partial charge on any atom is 0.223 e. The lowest BCUT2D eigenvalue weighted by Gasteiger charge is -2.06. The van der Waals surface area contributed by atoms with Gasteiger partial charge in [0.1, 0.15) is 5.75 Å². The second-order valence-electron chi connectivity index (χ2n) is 6.20. The SMILES string of the molecule is Nc1nc2cccc(C3CC3)c2c2nc(-c3ccc(O)cc3)nn12. The van der Waals surface area contributed by atoms with Gasteiger partial charge in [-0.15, -0.1) is 5.10 Å². The normalized spacial score (nSPS) is 14.5. The van der Waals surface area contributed by atoms with Crippen molar-refractivity contribution in [1.82, 2.24) is 19.6 Å². The van der Waals surface area contributed by atoms with Crippen LogP contribution < -0.4 is 5.73 Å². The topological polar surface area (TPSA) is 89.3 Å². The fourth-order valence-corrected chi connectivity index (χ4v) is 3.17. The number of nitrogen functional groups attached to an aromatic ring is 1. The average Bonchev–Trinajstić information content (AvgIpc) is 3.33. The Labute approximate surface area is 137 Å². The predicted octanol–water partition coefficient (Wildman–Crippen LogP) is 3.11. The number of hydrogen-bond acceptors (Lipinski definition) is 5. The van der Waals surface area contributed by atoms with E-state index in [-0.39, 0.29) is 5.75 Å². The molecule has 0 amide bonds. The largest absolute Gasteiger partial charge is 0.508 e. The van der Waals surface area contributed by atoms with E-state index in [2.05, 4.69) is 16.1 Å². The summed E-state index contributed by atoms with van der Waals surface area (Å²) in [7, 11) is 0. The molecule has 0 bridgehead atoms. The molecule has 0 aliphatic heterocycles. The van der Waals surface area contributed by atoms with E-state index < -0.39 is 0 Å². The van der Waals surface area contributed by atoms with E-state index in [1.807, 2.05) is 12.1 Å². The second-order valence-corrected chi connectivity index (χ2v) is 6.20. The van der Waals surface area contributed by atoms with E-state index in [9.17, 15) is 5.11 Å². The van der Waals surface area contributed by atoms with Crippen molar-refractivity contribution in [1.29, 1.82) is 0 Å². The third-order valence-electron chi connectivity index (χ3n) is 4.50. The molecule has 0 unspecified atom stereocenters. The van der Waals surface area contributed by atoms with E-state index in [1.165, 1.54) is 18.4 Å². The van der Waals surface area contributed by atoms with Gasteiger partial charge in [-0.3, -0.25) is 0 Å². The molecule has 6 nitrogen and oxygen atoms in total. The van der Waals surface area contributed by atoms with Crippen LogP contribution in [0.15, 0.2) is 42.5 Å². The fraction of sp³-hybridized carbons (Fsp3) is 0.167. The summed E-state index contributed by atoms with van der Waals surface area (Å²) in [6.45, 7) is 0. The number of aromatic hydroxyl groups is 1. The van der Waals surface area contributed by atoms with Gasteiger partial charge in [0, 0.05) is 10.9 Å². The van der Waals surface area contributed by atoms with Gasteiger partial charge >= 0.3 is 0 Å². The summed E-state index contributed by atoms with van der Waals surface area (Å²) in [5.41, 5.74) is 9.78. The molecule has 118 valence electrons. The molecule has 5 rings (SSSR count). The number of aromatic nitrogens is 4. The Bertz CT molecular complexity index is 1080. The van der Waals surface area contributed by atoms with Crippen LogP contribution in [0, 0.1) is 0 Å². The fourth-order valence-electron chi connectivity index (χ4n) is 3.17. The third kappa shape index (κ3) is 1.93. The molecule has 1 fully saturated rings. The van der Waals surface area contributed by atoms with Crippen LogP contribution in [0.3, 0.4) is 0 Å². The number of phenolic OH excluding ortho intramolecular Hbond substituents is 1. The van der Waals surface area contributed by atoms with Crippen molar-refractivity contribution in [3.63, 3.8) is 0 Å². The van der Waals surface area contributed by atoms with Crippen LogP contribution in [-0.2, 0) is 0 Å². The van der Waals surface area contributed by atoms with Crippen LogP contribution in [-0.4, -0.2) is 24.7 Å². The van der Waals surface area contributed by atoms with Crippen molar-refractivity contribution in [3.05, 3.63) is 48.0 Å². The van der Waals surface area contributed by atoms with Gasteiger partial charge in [-0.05, 0) is 54.7 Å². The highest BCUT2D eigenvalue weighted by atomic mass is 16.3. The minimum atomic E-state index is 0.213. The zero-order valence-electron chi connectivity index (χ0n) is 12.8. The molecule has 0 spiro atoms. The van der Waals surface area contributed by atoms with Crippen LogP contribution in [0.4, 0.5) is 5.95 Å². The Hall–Kier alpha value is -3.15. The first-order chi connectivity index (χ1) is 11.7. The Morgan fingerprint density at radius 1 is 1.04 bits per heavy atom. The molecule has 4 aromatic rings. The van der Waals surface area contributed by atoms with Crippen molar-refractivity contribution in [2.24, 2.45) is 0 Å². The third-order valence-corrected chi connectivity index (χ3v) is 4.50. The van der Waals surface area contributed by atoms with Gasteiger partial charge in [-0.1, -0.05) is 12.1 Å². The van der Waals surface area contributed by atoms with Crippen LogP contribution >= 0.6 is 0 Å². The van der Waals surface area contributed by atoms with Crippen LogP contribution in [0.1, 0.15) is 24.3 Å². The number of hydrogen-bond donors (Lipinski definition) is 2. The Kier molecular flexibility index (Phi) is 2.59. The van der Waals surface area contributed by atoms with E-state index >= 15 is 0 Å². The van der Waals surface area contributed by atoms with Crippen molar-refractivity contribution in [2.45, 2.75) is 18.8 Å². The van der Waals surface area contributed by atoms with Gasteiger partial charge in [0.15, 0.2) is 11.5 Å².